The molecule has 6 aromatic rings. The molecule has 0 unspecified atom stereocenters. The zero-order valence-corrected chi connectivity index (χ0v) is 31.8. The van der Waals surface area contributed by atoms with Crippen molar-refractivity contribution in [2.75, 3.05) is 10.6 Å². The molecule has 58 heavy (non-hydrogen) atoms. The van der Waals surface area contributed by atoms with E-state index in [0.717, 1.165) is 60.7 Å². The number of rotatable bonds is 10. The molecule has 6 aromatic carbocycles. The summed E-state index contributed by atoms with van der Waals surface area (Å²) in [5.74, 6) is -1.50. The molecule has 0 fully saturated rings. The van der Waals surface area contributed by atoms with Crippen molar-refractivity contribution in [3.63, 3.8) is 0 Å². The first-order valence-electron chi connectivity index (χ1n) is 15.6. The van der Waals surface area contributed by atoms with Crippen molar-refractivity contribution in [3.8, 4) is 11.5 Å². The van der Waals surface area contributed by atoms with Crippen molar-refractivity contribution in [2.24, 2.45) is 20.5 Å². The smallest absolute Gasteiger partial charge is 0.323 e. The first-order chi connectivity index (χ1) is 27.0. The van der Waals surface area contributed by atoms with Gasteiger partial charge in [-0.05, 0) is 102 Å². The Hall–Kier alpha value is -6.45. The predicted molar refractivity (Wildman–Crippen MR) is 204 cm³/mol. The summed E-state index contributed by atoms with van der Waals surface area (Å²) in [7, 11) is -19.1. The highest BCUT2D eigenvalue weighted by molar-refractivity contribution is 7.86. The number of urea groups is 1. The quantitative estimate of drug-likeness (QED) is 0.0514. The highest BCUT2D eigenvalue weighted by atomic mass is 32.2. The standard InChI is InChI=1S/C33H24N6O15S4/c40-27-15-17-13-22(6-12-26(17)32(58(52,53)54)29(27)38-36-19-1-7-23(8-2-19)55(43,44)45)35-33(42)34-21-5-11-25-18(14-21)16-28(57(49,50)51)30(31(25)41)39-37-20-3-9-24(10-4-20)56(46,47)48/h1-16,40-41H,(H2,34,35,42)(H,43,44,45)(H,46,47,48)(H,49,50,51)(H,52,53,54). The highest BCUT2D eigenvalue weighted by Gasteiger charge is 2.25. The van der Waals surface area contributed by atoms with E-state index in [9.17, 15) is 57.8 Å². The Kier molecular flexibility index (Phi) is 10.8. The Bertz CT molecular complexity index is 3100. The van der Waals surface area contributed by atoms with Crippen molar-refractivity contribution < 1.29 is 66.9 Å². The molecule has 25 heteroatoms. The van der Waals surface area contributed by atoms with Crippen LogP contribution in [0, 0.1) is 0 Å². The van der Waals surface area contributed by atoms with Crippen LogP contribution in [-0.4, -0.2) is 68.1 Å². The molecule has 0 saturated carbocycles. The van der Waals surface area contributed by atoms with Crippen LogP contribution in [0.5, 0.6) is 11.5 Å². The Labute approximate surface area is 327 Å². The third-order valence-electron chi connectivity index (χ3n) is 7.95. The van der Waals surface area contributed by atoms with E-state index in [1.807, 2.05) is 0 Å². The molecular formula is C33H24N6O15S4. The van der Waals surface area contributed by atoms with Crippen LogP contribution in [0.15, 0.2) is 137 Å². The fourth-order valence-corrected chi connectivity index (χ4v) is 7.86. The number of hydrogen-bond acceptors (Lipinski definition) is 15. The Morgan fingerprint density at radius 2 is 0.931 bits per heavy atom. The van der Waals surface area contributed by atoms with Crippen molar-refractivity contribution in [1.82, 2.24) is 0 Å². The van der Waals surface area contributed by atoms with Gasteiger partial charge in [-0.3, -0.25) is 18.2 Å². The summed E-state index contributed by atoms with van der Waals surface area (Å²) in [6, 6.07) is 17.2. The molecule has 0 radical (unpaired) electrons. The van der Waals surface area contributed by atoms with Gasteiger partial charge >= 0.3 is 6.03 Å². The minimum Gasteiger partial charge on any atom is -0.506 e. The molecule has 0 aliphatic heterocycles. The second kappa shape index (κ2) is 15.1. The van der Waals surface area contributed by atoms with Gasteiger partial charge in [-0.1, -0.05) is 6.07 Å². The molecule has 0 saturated heterocycles. The normalized spacial score (nSPS) is 12.8. The predicted octanol–water partition coefficient (Wildman–Crippen LogP) is 6.87. The van der Waals surface area contributed by atoms with Crippen molar-refractivity contribution >= 4 is 102 Å². The Balaban J connectivity index is 1.25. The van der Waals surface area contributed by atoms with Gasteiger partial charge in [0.2, 0.25) is 0 Å². The molecule has 0 aromatic heterocycles. The summed E-state index contributed by atoms with van der Waals surface area (Å²) in [5.41, 5.74) is -1.27. The fourth-order valence-electron chi connectivity index (χ4n) is 5.39. The first-order valence-corrected chi connectivity index (χ1v) is 21.4. The fraction of sp³-hybridized carbons (Fsp3) is 0. The molecule has 2 amide bonds. The minimum absolute atomic E-state index is 0.00127. The van der Waals surface area contributed by atoms with E-state index in [-0.39, 0.29) is 44.3 Å². The molecule has 300 valence electrons. The molecule has 0 bridgehead atoms. The number of nitrogens with one attached hydrogen (secondary N) is 2. The van der Waals surface area contributed by atoms with Crippen LogP contribution in [0.3, 0.4) is 0 Å². The number of hydrogen-bond donors (Lipinski definition) is 8. The van der Waals surface area contributed by atoms with E-state index in [1.54, 1.807) is 0 Å². The zero-order chi connectivity index (χ0) is 42.4. The van der Waals surface area contributed by atoms with Gasteiger partial charge in [-0.15, -0.1) is 10.2 Å². The summed E-state index contributed by atoms with van der Waals surface area (Å²) in [4.78, 5) is 10.4. The SMILES string of the molecule is O=C(Nc1ccc2c(O)c(N=Nc3ccc(S(=O)(=O)O)cc3)c(S(=O)(=O)O)cc2c1)Nc1ccc2c(S(=O)(=O)O)c(N=Nc3ccc(S(=O)(=O)O)cc3)c(O)cc2c1. The van der Waals surface area contributed by atoms with Gasteiger partial charge < -0.3 is 20.8 Å². The summed E-state index contributed by atoms with van der Waals surface area (Å²) in [5, 5.41) is 41.5. The largest absolute Gasteiger partial charge is 0.506 e. The number of amides is 2. The van der Waals surface area contributed by atoms with Crippen LogP contribution in [0.25, 0.3) is 21.5 Å². The number of phenolic OH excluding ortho intramolecular Hbond substituents is 2. The van der Waals surface area contributed by atoms with Gasteiger partial charge in [0.15, 0.2) is 5.75 Å². The van der Waals surface area contributed by atoms with Crippen LogP contribution in [0.2, 0.25) is 0 Å². The van der Waals surface area contributed by atoms with Crippen molar-refractivity contribution in [2.45, 2.75) is 19.6 Å². The number of nitrogens with zero attached hydrogens (tertiary/aromatic N) is 4. The molecule has 0 aliphatic rings. The third kappa shape index (κ3) is 9.06. The number of benzene rings is 6. The molecule has 0 spiro atoms. The van der Waals surface area contributed by atoms with Gasteiger partial charge in [0, 0.05) is 22.1 Å². The van der Waals surface area contributed by atoms with Crippen LogP contribution in [0.1, 0.15) is 0 Å². The van der Waals surface area contributed by atoms with Crippen LogP contribution in [0.4, 0.5) is 38.9 Å². The van der Waals surface area contributed by atoms with E-state index < -0.39 is 89.0 Å². The summed E-state index contributed by atoms with van der Waals surface area (Å²) in [6.07, 6.45) is 0. The molecule has 0 atom stereocenters. The number of aromatic hydroxyl groups is 2. The van der Waals surface area contributed by atoms with Crippen LogP contribution < -0.4 is 10.6 Å². The van der Waals surface area contributed by atoms with Crippen LogP contribution in [-0.2, 0) is 40.5 Å². The van der Waals surface area contributed by atoms with E-state index >= 15 is 0 Å². The van der Waals surface area contributed by atoms with E-state index in [2.05, 4.69) is 31.1 Å². The molecule has 21 nitrogen and oxygen atoms in total. The Morgan fingerprint density at radius 1 is 0.483 bits per heavy atom. The van der Waals surface area contributed by atoms with Crippen molar-refractivity contribution in [1.29, 1.82) is 0 Å². The average Bonchev–Trinajstić information content (AvgIpc) is 3.12. The van der Waals surface area contributed by atoms with Gasteiger partial charge in [-0.25, -0.2) is 4.79 Å². The van der Waals surface area contributed by atoms with E-state index in [4.69, 9.17) is 9.11 Å². The van der Waals surface area contributed by atoms with Gasteiger partial charge in [-0.2, -0.15) is 43.9 Å². The van der Waals surface area contributed by atoms with Gasteiger partial charge in [0.05, 0.1) is 21.2 Å². The maximum atomic E-state index is 13.0. The summed E-state index contributed by atoms with van der Waals surface area (Å²) < 4.78 is 133. The highest BCUT2D eigenvalue weighted by Crippen LogP contribution is 2.43. The van der Waals surface area contributed by atoms with Crippen molar-refractivity contribution in [3.05, 3.63) is 97.1 Å². The maximum Gasteiger partial charge on any atom is 0.323 e. The van der Waals surface area contributed by atoms with Gasteiger partial charge in [0.25, 0.3) is 40.5 Å². The monoisotopic (exact) mass is 872 g/mol. The number of carbonyl (C=O) groups excluding carboxylic acids is 1. The lowest BCUT2D eigenvalue weighted by Crippen LogP contribution is -2.19. The number of azo groups is 2. The second-order valence-corrected chi connectivity index (χ2v) is 17.5. The first kappa shape index (κ1) is 41.2. The van der Waals surface area contributed by atoms with Crippen LogP contribution >= 0.6 is 0 Å². The Morgan fingerprint density at radius 3 is 1.38 bits per heavy atom. The number of phenols is 2. The topological polar surface area (TPSA) is 349 Å². The lowest BCUT2D eigenvalue weighted by atomic mass is 10.1. The molecular weight excluding hydrogens is 849 g/mol. The van der Waals surface area contributed by atoms with E-state index in [1.165, 1.54) is 36.4 Å². The number of carbonyl (C=O) groups is 1. The minimum atomic E-state index is -5.08. The number of fused-ring (bicyclic) bond motifs is 2. The molecule has 0 aliphatic carbocycles. The number of anilines is 2. The third-order valence-corrected chi connectivity index (χ3v) is 11.5. The lowest BCUT2D eigenvalue weighted by Gasteiger charge is -2.13. The molecule has 6 rings (SSSR count). The summed E-state index contributed by atoms with van der Waals surface area (Å²) in [6.45, 7) is 0. The summed E-state index contributed by atoms with van der Waals surface area (Å²) >= 11 is 0. The molecule has 0 heterocycles. The van der Waals surface area contributed by atoms with Gasteiger partial charge in [0.1, 0.15) is 26.9 Å². The lowest BCUT2D eigenvalue weighted by molar-refractivity contribution is 0.262. The maximum absolute atomic E-state index is 13.0. The van der Waals surface area contributed by atoms with E-state index in [0.29, 0.717) is 0 Å². The average molecular weight is 873 g/mol. The zero-order valence-electron chi connectivity index (χ0n) is 28.5. The molecule has 8 N–H and O–H groups in total. The second-order valence-electron chi connectivity index (χ2n) is 11.9.